The molecule has 0 bridgehead atoms. The van der Waals surface area contributed by atoms with Crippen LogP contribution in [0.25, 0.3) is 0 Å². The summed E-state index contributed by atoms with van der Waals surface area (Å²) in [6.45, 7) is 1.78. The molecule has 0 saturated carbocycles. The molecule has 0 spiro atoms. The monoisotopic (exact) mass is 179 g/mol. The van der Waals surface area contributed by atoms with Crippen molar-refractivity contribution in [1.82, 2.24) is 0 Å². The van der Waals surface area contributed by atoms with Crippen molar-refractivity contribution >= 4 is 0 Å². The molecule has 3 heteroatoms. The molecule has 0 unspecified atom stereocenters. The lowest BCUT2D eigenvalue weighted by Gasteiger charge is -2.07. The van der Waals surface area contributed by atoms with Gasteiger partial charge in [0.15, 0.2) is 0 Å². The number of nitrogens with zero attached hydrogens (tertiary/aromatic N) is 1. The highest BCUT2D eigenvalue weighted by molar-refractivity contribution is 5.39. The maximum absolute atomic E-state index is 13.3. The van der Waals surface area contributed by atoms with Gasteiger partial charge in [0.2, 0.25) is 0 Å². The van der Waals surface area contributed by atoms with Gasteiger partial charge in [-0.3, -0.25) is 0 Å². The van der Waals surface area contributed by atoms with Gasteiger partial charge in [-0.15, -0.1) is 0 Å². The molecule has 0 heterocycles. The summed E-state index contributed by atoms with van der Waals surface area (Å²) in [6.07, 6.45) is 0.0370. The van der Waals surface area contributed by atoms with Crippen LogP contribution < -0.4 is 4.74 Å². The SMILES string of the molecule is COc1cc(C)cc(F)c1CC#N. The van der Waals surface area contributed by atoms with Crippen molar-refractivity contribution in [1.29, 1.82) is 5.26 Å². The molecule has 68 valence electrons. The molecule has 0 fully saturated rings. The van der Waals surface area contributed by atoms with E-state index in [1.54, 1.807) is 13.0 Å². The van der Waals surface area contributed by atoms with Crippen LogP contribution in [0, 0.1) is 24.1 Å². The third-order valence-electron chi connectivity index (χ3n) is 1.77. The molecule has 0 atom stereocenters. The smallest absolute Gasteiger partial charge is 0.131 e. The molecule has 0 aromatic heterocycles. The number of benzene rings is 1. The number of methoxy groups -OCH3 is 1. The summed E-state index contributed by atoms with van der Waals surface area (Å²) < 4.78 is 18.2. The lowest BCUT2D eigenvalue weighted by Crippen LogP contribution is -1.96. The van der Waals surface area contributed by atoms with Crippen molar-refractivity contribution < 1.29 is 9.13 Å². The van der Waals surface area contributed by atoms with Gasteiger partial charge in [0, 0.05) is 5.56 Å². The third kappa shape index (κ3) is 1.97. The Morgan fingerprint density at radius 3 is 2.77 bits per heavy atom. The number of nitriles is 1. The Bertz CT molecular complexity index is 355. The fourth-order valence-corrected chi connectivity index (χ4v) is 1.17. The van der Waals surface area contributed by atoms with Gasteiger partial charge in [0.25, 0.3) is 0 Å². The summed E-state index contributed by atoms with van der Waals surface area (Å²) in [5, 5.41) is 8.46. The number of aryl methyl sites for hydroxylation is 1. The normalized spacial score (nSPS) is 9.38. The van der Waals surface area contributed by atoms with Gasteiger partial charge in [-0.1, -0.05) is 0 Å². The van der Waals surface area contributed by atoms with E-state index in [4.69, 9.17) is 10.00 Å². The Labute approximate surface area is 76.6 Å². The maximum atomic E-state index is 13.3. The molecule has 0 aliphatic heterocycles. The molecule has 0 amide bonds. The van der Waals surface area contributed by atoms with E-state index < -0.39 is 0 Å². The second-order valence-electron chi connectivity index (χ2n) is 2.76. The number of hydrogen-bond acceptors (Lipinski definition) is 2. The van der Waals surface area contributed by atoms with Gasteiger partial charge in [0.1, 0.15) is 11.6 Å². The summed E-state index contributed by atoms with van der Waals surface area (Å²) in [5.74, 6) is 0.0671. The van der Waals surface area contributed by atoms with Crippen LogP contribution in [-0.4, -0.2) is 7.11 Å². The van der Waals surface area contributed by atoms with E-state index in [9.17, 15) is 4.39 Å². The van der Waals surface area contributed by atoms with Gasteiger partial charge in [-0.05, 0) is 24.6 Å². The third-order valence-corrected chi connectivity index (χ3v) is 1.77. The fraction of sp³-hybridized carbons (Fsp3) is 0.300. The van der Waals surface area contributed by atoms with Gasteiger partial charge in [-0.25, -0.2) is 4.39 Å². The Hall–Kier alpha value is -1.56. The molecule has 0 N–H and O–H groups in total. The zero-order valence-corrected chi connectivity index (χ0v) is 7.60. The summed E-state index contributed by atoms with van der Waals surface area (Å²) >= 11 is 0. The molecule has 1 aromatic rings. The lowest BCUT2D eigenvalue weighted by atomic mass is 10.1. The van der Waals surface area contributed by atoms with Crippen LogP contribution >= 0.6 is 0 Å². The standard InChI is InChI=1S/C10H10FNO/c1-7-5-9(11)8(3-4-12)10(6-7)13-2/h5-6H,3H2,1-2H3. The molecule has 13 heavy (non-hydrogen) atoms. The minimum Gasteiger partial charge on any atom is -0.496 e. The molecular weight excluding hydrogens is 169 g/mol. The van der Waals surface area contributed by atoms with E-state index in [1.807, 2.05) is 6.07 Å². The first-order chi connectivity index (χ1) is 6.19. The second-order valence-corrected chi connectivity index (χ2v) is 2.76. The number of ether oxygens (including phenoxy) is 1. The molecule has 1 rings (SSSR count). The van der Waals surface area contributed by atoms with Crippen LogP contribution in [-0.2, 0) is 6.42 Å². The average molecular weight is 179 g/mol. The van der Waals surface area contributed by atoms with Crippen LogP contribution in [0.15, 0.2) is 12.1 Å². The molecule has 1 aromatic carbocycles. The van der Waals surface area contributed by atoms with Crippen LogP contribution in [0.3, 0.4) is 0 Å². The fourth-order valence-electron chi connectivity index (χ4n) is 1.17. The van der Waals surface area contributed by atoms with Crippen LogP contribution in [0.2, 0.25) is 0 Å². The molecule has 0 saturated heterocycles. The van der Waals surface area contributed by atoms with Crippen molar-refractivity contribution in [2.45, 2.75) is 13.3 Å². The Morgan fingerprint density at radius 2 is 2.23 bits per heavy atom. The lowest BCUT2D eigenvalue weighted by molar-refractivity contribution is 0.405. The quantitative estimate of drug-likeness (QED) is 0.697. The van der Waals surface area contributed by atoms with Gasteiger partial charge >= 0.3 is 0 Å². The van der Waals surface area contributed by atoms with Crippen LogP contribution in [0.4, 0.5) is 4.39 Å². The van der Waals surface area contributed by atoms with Crippen molar-refractivity contribution in [2.75, 3.05) is 7.11 Å². The average Bonchev–Trinajstić information content (AvgIpc) is 2.09. The summed E-state index contributed by atoms with van der Waals surface area (Å²) in [7, 11) is 1.47. The van der Waals surface area contributed by atoms with E-state index >= 15 is 0 Å². The predicted octanol–water partition coefficient (Wildman–Crippen LogP) is 2.21. The molecule has 0 radical (unpaired) electrons. The second kappa shape index (κ2) is 3.90. The van der Waals surface area contributed by atoms with Gasteiger partial charge in [0.05, 0.1) is 19.6 Å². The van der Waals surface area contributed by atoms with Crippen molar-refractivity contribution in [2.24, 2.45) is 0 Å². The highest BCUT2D eigenvalue weighted by Gasteiger charge is 2.09. The van der Waals surface area contributed by atoms with Crippen molar-refractivity contribution in [3.63, 3.8) is 0 Å². The molecular formula is C10H10FNO. The van der Waals surface area contributed by atoms with E-state index in [1.165, 1.54) is 13.2 Å². The highest BCUT2D eigenvalue weighted by Crippen LogP contribution is 2.23. The Morgan fingerprint density at radius 1 is 1.54 bits per heavy atom. The first-order valence-corrected chi connectivity index (χ1v) is 3.89. The molecule has 2 nitrogen and oxygen atoms in total. The largest absolute Gasteiger partial charge is 0.496 e. The van der Waals surface area contributed by atoms with Gasteiger partial charge in [-0.2, -0.15) is 5.26 Å². The van der Waals surface area contributed by atoms with E-state index in [0.717, 1.165) is 5.56 Å². The minimum atomic E-state index is -0.376. The molecule has 0 aliphatic carbocycles. The minimum absolute atomic E-state index is 0.0370. The summed E-state index contributed by atoms with van der Waals surface area (Å²) in [6, 6.07) is 5.02. The number of rotatable bonds is 2. The number of halogens is 1. The van der Waals surface area contributed by atoms with Crippen molar-refractivity contribution in [3.05, 3.63) is 29.1 Å². The van der Waals surface area contributed by atoms with Crippen LogP contribution in [0.1, 0.15) is 11.1 Å². The summed E-state index contributed by atoms with van der Waals surface area (Å²) in [5.41, 5.74) is 1.12. The van der Waals surface area contributed by atoms with E-state index in [0.29, 0.717) is 11.3 Å². The zero-order valence-electron chi connectivity index (χ0n) is 7.60. The molecule has 0 aliphatic rings. The van der Waals surface area contributed by atoms with Crippen molar-refractivity contribution in [3.8, 4) is 11.8 Å². The Balaban J connectivity index is 3.23. The maximum Gasteiger partial charge on any atom is 0.131 e. The number of hydrogen-bond donors (Lipinski definition) is 0. The summed E-state index contributed by atoms with van der Waals surface area (Å²) in [4.78, 5) is 0. The first-order valence-electron chi connectivity index (χ1n) is 3.89. The predicted molar refractivity (Wildman–Crippen MR) is 47.0 cm³/mol. The highest BCUT2D eigenvalue weighted by atomic mass is 19.1. The topological polar surface area (TPSA) is 33.0 Å². The first kappa shape index (κ1) is 9.53. The van der Waals surface area contributed by atoms with Crippen LogP contribution in [0.5, 0.6) is 5.75 Å². The van der Waals surface area contributed by atoms with Gasteiger partial charge < -0.3 is 4.74 Å². The zero-order chi connectivity index (χ0) is 9.84. The Kier molecular flexibility index (Phi) is 2.86. The van der Waals surface area contributed by atoms with E-state index in [2.05, 4.69) is 0 Å². The van der Waals surface area contributed by atoms with E-state index in [-0.39, 0.29) is 12.2 Å².